The predicted octanol–water partition coefficient (Wildman–Crippen LogP) is 2.82. The van der Waals surface area contributed by atoms with E-state index in [-0.39, 0.29) is 5.97 Å². The summed E-state index contributed by atoms with van der Waals surface area (Å²) < 4.78 is 4.97. The van der Waals surface area contributed by atoms with E-state index in [1.165, 1.54) is 12.8 Å². The fraction of sp³-hybridized carbons (Fsp3) is 0.900. The van der Waals surface area contributed by atoms with Crippen LogP contribution in [0.25, 0.3) is 0 Å². The summed E-state index contributed by atoms with van der Waals surface area (Å²) in [6, 6.07) is 0. The average molecular weight is 204 g/mol. The van der Waals surface area contributed by atoms with Crippen LogP contribution in [0, 0.1) is 0 Å². The van der Waals surface area contributed by atoms with E-state index in [9.17, 15) is 4.79 Å². The Balaban J connectivity index is 3.11. The van der Waals surface area contributed by atoms with Crippen molar-refractivity contribution in [2.45, 2.75) is 45.4 Å². The minimum Gasteiger partial charge on any atom is -0.466 e. The Labute approximate surface area is 86.5 Å². The SMILES string of the molecule is CCCCCCC(=O)OCCCS. The zero-order valence-electron chi connectivity index (χ0n) is 8.42. The Morgan fingerprint density at radius 2 is 2.00 bits per heavy atom. The van der Waals surface area contributed by atoms with Crippen LogP contribution in [0.4, 0.5) is 0 Å². The zero-order valence-corrected chi connectivity index (χ0v) is 9.31. The van der Waals surface area contributed by atoms with E-state index < -0.39 is 0 Å². The smallest absolute Gasteiger partial charge is 0.305 e. The Bertz CT molecular complexity index is 126. The van der Waals surface area contributed by atoms with Gasteiger partial charge in [-0.05, 0) is 18.6 Å². The van der Waals surface area contributed by atoms with Gasteiger partial charge in [0.2, 0.25) is 0 Å². The van der Waals surface area contributed by atoms with E-state index in [1.807, 2.05) is 0 Å². The number of ether oxygens (including phenoxy) is 1. The highest BCUT2D eigenvalue weighted by atomic mass is 32.1. The van der Waals surface area contributed by atoms with Gasteiger partial charge in [-0.25, -0.2) is 0 Å². The Morgan fingerprint density at radius 3 is 2.62 bits per heavy atom. The number of hydrogen-bond acceptors (Lipinski definition) is 3. The third-order valence-corrected chi connectivity index (χ3v) is 2.12. The molecule has 0 aromatic rings. The lowest BCUT2D eigenvalue weighted by molar-refractivity contribution is -0.143. The minimum absolute atomic E-state index is 0.0575. The van der Waals surface area contributed by atoms with E-state index in [2.05, 4.69) is 19.6 Å². The summed E-state index contributed by atoms with van der Waals surface area (Å²) >= 11 is 4.03. The van der Waals surface area contributed by atoms with Gasteiger partial charge in [0.15, 0.2) is 0 Å². The van der Waals surface area contributed by atoms with Crippen LogP contribution in [-0.4, -0.2) is 18.3 Å². The number of carbonyl (C=O) groups excluding carboxylic acids is 1. The lowest BCUT2D eigenvalue weighted by atomic mass is 10.2. The lowest BCUT2D eigenvalue weighted by Crippen LogP contribution is -2.05. The molecule has 0 radical (unpaired) electrons. The highest BCUT2D eigenvalue weighted by Crippen LogP contribution is 2.03. The number of unbranched alkanes of at least 4 members (excludes halogenated alkanes) is 3. The summed E-state index contributed by atoms with van der Waals surface area (Å²) in [7, 11) is 0. The summed E-state index contributed by atoms with van der Waals surface area (Å²) in [6.45, 7) is 2.68. The van der Waals surface area contributed by atoms with E-state index in [4.69, 9.17) is 4.74 Å². The average Bonchev–Trinajstić information content (AvgIpc) is 2.13. The van der Waals surface area contributed by atoms with Gasteiger partial charge in [0.25, 0.3) is 0 Å². The second kappa shape index (κ2) is 9.90. The summed E-state index contributed by atoms with van der Waals surface area (Å²) in [5, 5.41) is 0. The van der Waals surface area contributed by atoms with Gasteiger partial charge in [0, 0.05) is 6.42 Å². The third kappa shape index (κ3) is 9.74. The largest absolute Gasteiger partial charge is 0.466 e. The Hall–Kier alpha value is -0.180. The second-order valence-electron chi connectivity index (χ2n) is 3.11. The molecule has 2 nitrogen and oxygen atoms in total. The van der Waals surface area contributed by atoms with E-state index >= 15 is 0 Å². The first-order valence-electron chi connectivity index (χ1n) is 5.07. The molecule has 0 aliphatic carbocycles. The Morgan fingerprint density at radius 1 is 1.23 bits per heavy atom. The first kappa shape index (κ1) is 12.8. The molecule has 0 aliphatic heterocycles. The number of rotatable bonds is 8. The zero-order chi connectivity index (χ0) is 9.94. The molecule has 0 N–H and O–H groups in total. The third-order valence-electron chi connectivity index (χ3n) is 1.80. The summed E-state index contributed by atoms with van der Waals surface area (Å²) in [5.74, 6) is 0.723. The van der Waals surface area contributed by atoms with Crippen molar-refractivity contribution < 1.29 is 9.53 Å². The predicted molar refractivity (Wildman–Crippen MR) is 58.2 cm³/mol. The van der Waals surface area contributed by atoms with Crippen molar-refractivity contribution in [3.8, 4) is 0 Å². The molecule has 3 heteroatoms. The summed E-state index contributed by atoms with van der Waals surface area (Å²) in [4.78, 5) is 11.0. The highest BCUT2D eigenvalue weighted by molar-refractivity contribution is 7.80. The van der Waals surface area contributed by atoms with Gasteiger partial charge in [-0.15, -0.1) is 0 Å². The highest BCUT2D eigenvalue weighted by Gasteiger charge is 2.00. The number of thiol groups is 1. The monoisotopic (exact) mass is 204 g/mol. The maximum absolute atomic E-state index is 11.0. The van der Waals surface area contributed by atoms with Gasteiger partial charge in [-0.2, -0.15) is 12.6 Å². The molecule has 78 valence electrons. The van der Waals surface area contributed by atoms with Crippen LogP contribution in [0.2, 0.25) is 0 Å². The van der Waals surface area contributed by atoms with E-state index in [1.54, 1.807) is 0 Å². The molecule has 0 amide bonds. The van der Waals surface area contributed by atoms with Crippen molar-refractivity contribution in [1.29, 1.82) is 0 Å². The van der Waals surface area contributed by atoms with Crippen LogP contribution < -0.4 is 0 Å². The van der Waals surface area contributed by atoms with Crippen molar-refractivity contribution in [3.05, 3.63) is 0 Å². The molecular weight excluding hydrogens is 184 g/mol. The van der Waals surface area contributed by atoms with Crippen molar-refractivity contribution >= 4 is 18.6 Å². The van der Waals surface area contributed by atoms with Crippen LogP contribution in [0.5, 0.6) is 0 Å². The molecule has 0 atom stereocenters. The molecule has 0 unspecified atom stereocenters. The standard InChI is InChI=1S/C10H20O2S/c1-2-3-4-5-7-10(11)12-8-6-9-13/h13H,2-9H2,1H3. The normalized spacial score (nSPS) is 10.0. The Kier molecular flexibility index (Phi) is 9.77. The first-order chi connectivity index (χ1) is 6.31. The lowest BCUT2D eigenvalue weighted by Gasteiger charge is -2.02. The molecule has 0 heterocycles. The van der Waals surface area contributed by atoms with Crippen LogP contribution in [0.3, 0.4) is 0 Å². The van der Waals surface area contributed by atoms with Gasteiger partial charge in [0.1, 0.15) is 0 Å². The van der Waals surface area contributed by atoms with Gasteiger partial charge < -0.3 is 4.74 Å². The summed E-state index contributed by atoms with van der Waals surface area (Å²) in [5.41, 5.74) is 0. The van der Waals surface area contributed by atoms with Crippen molar-refractivity contribution in [1.82, 2.24) is 0 Å². The first-order valence-corrected chi connectivity index (χ1v) is 5.71. The van der Waals surface area contributed by atoms with E-state index in [0.717, 1.165) is 25.0 Å². The van der Waals surface area contributed by atoms with Crippen LogP contribution >= 0.6 is 12.6 Å². The number of carbonyl (C=O) groups is 1. The molecule has 0 rings (SSSR count). The quantitative estimate of drug-likeness (QED) is 0.374. The minimum atomic E-state index is -0.0575. The molecule has 0 spiro atoms. The van der Waals surface area contributed by atoms with Crippen LogP contribution in [0.1, 0.15) is 45.4 Å². The summed E-state index contributed by atoms with van der Waals surface area (Å²) in [6.07, 6.45) is 5.95. The van der Waals surface area contributed by atoms with Crippen molar-refractivity contribution in [3.63, 3.8) is 0 Å². The van der Waals surface area contributed by atoms with Crippen molar-refractivity contribution in [2.24, 2.45) is 0 Å². The molecule has 0 aromatic heterocycles. The molecule has 0 aromatic carbocycles. The van der Waals surface area contributed by atoms with Gasteiger partial charge in [-0.3, -0.25) is 4.79 Å². The molecule has 0 aliphatic rings. The molecule has 13 heavy (non-hydrogen) atoms. The fourth-order valence-corrected chi connectivity index (χ4v) is 1.15. The van der Waals surface area contributed by atoms with Crippen LogP contribution in [-0.2, 0) is 9.53 Å². The van der Waals surface area contributed by atoms with Gasteiger partial charge in [-0.1, -0.05) is 26.2 Å². The van der Waals surface area contributed by atoms with Gasteiger partial charge in [0.05, 0.1) is 6.61 Å². The molecule has 0 bridgehead atoms. The van der Waals surface area contributed by atoms with Gasteiger partial charge >= 0.3 is 5.97 Å². The van der Waals surface area contributed by atoms with Crippen molar-refractivity contribution in [2.75, 3.05) is 12.4 Å². The number of hydrogen-bond donors (Lipinski definition) is 1. The molecule has 0 fully saturated rings. The maximum atomic E-state index is 11.0. The fourth-order valence-electron chi connectivity index (χ4n) is 1.02. The van der Waals surface area contributed by atoms with E-state index in [0.29, 0.717) is 13.0 Å². The number of esters is 1. The maximum Gasteiger partial charge on any atom is 0.305 e. The van der Waals surface area contributed by atoms with Crippen LogP contribution in [0.15, 0.2) is 0 Å². The second-order valence-corrected chi connectivity index (χ2v) is 3.56. The molecular formula is C10H20O2S. The topological polar surface area (TPSA) is 26.3 Å². The molecule has 0 saturated heterocycles. The molecule has 0 saturated carbocycles.